The Bertz CT molecular complexity index is 733. The zero-order valence-corrected chi connectivity index (χ0v) is 13.2. The van der Waals surface area contributed by atoms with E-state index in [0.29, 0.717) is 0 Å². The van der Waals surface area contributed by atoms with Crippen molar-refractivity contribution in [3.8, 4) is 0 Å². The maximum atomic E-state index is 10.6. The summed E-state index contributed by atoms with van der Waals surface area (Å²) in [6.45, 7) is 1.73. The molecule has 1 saturated heterocycles. The highest BCUT2D eigenvalue weighted by atomic mass is 16.4. The van der Waals surface area contributed by atoms with Crippen LogP contribution >= 0.6 is 0 Å². The number of hydrogen-bond donors (Lipinski definition) is 4. The van der Waals surface area contributed by atoms with Crippen LogP contribution in [-0.2, 0) is 10.3 Å². The third kappa shape index (κ3) is 3.55. The number of hydrogen-bond acceptors (Lipinski definition) is 5. The number of anilines is 2. The molecule has 24 heavy (non-hydrogen) atoms. The molecule has 0 unspecified atom stereocenters. The Balaban J connectivity index is 1.81. The molecule has 2 aromatic rings. The lowest BCUT2D eigenvalue weighted by Crippen LogP contribution is -2.37. The minimum Gasteiger partial charge on any atom is -0.478 e. The molecule has 6 heteroatoms. The van der Waals surface area contributed by atoms with Crippen LogP contribution < -0.4 is 16.4 Å². The van der Waals surface area contributed by atoms with E-state index < -0.39 is 5.97 Å². The van der Waals surface area contributed by atoms with Crippen LogP contribution in [0.4, 0.5) is 11.5 Å². The number of benzene rings is 1. The molecule has 0 radical (unpaired) electrons. The number of pyridine rings is 1. The molecule has 0 saturated carbocycles. The largest absolute Gasteiger partial charge is 0.478 e. The van der Waals surface area contributed by atoms with Gasteiger partial charge < -0.3 is 21.5 Å². The van der Waals surface area contributed by atoms with E-state index in [9.17, 15) is 4.79 Å². The Morgan fingerprint density at radius 3 is 2.67 bits per heavy atom. The molecule has 6 nitrogen and oxygen atoms in total. The van der Waals surface area contributed by atoms with Gasteiger partial charge in [-0.3, -0.25) is 0 Å². The quantitative estimate of drug-likeness (QED) is 0.496. The molecule has 124 valence electrons. The van der Waals surface area contributed by atoms with E-state index in [-0.39, 0.29) is 5.54 Å². The van der Waals surface area contributed by atoms with Gasteiger partial charge >= 0.3 is 5.97 Å². The molecule has 1 aliphatic rings. The van der Waals surface area contributed by atoms with E-state index in [4.69, 9.17) is 10.8 Å². The molecular formula is C18H20N4O2. The van der Waals surface area contributed by atoms with Gasteiger partial charge in [0, 0.05) is 24.5 Å². The number of carboxylic acids is 1. The molecule has 5 N–H and O–H groups in total. The summed E-state index contributed by atoms with van der Waals surface area (Å²) in [4.78, 5) is 15.0. The van der Waals surface area contributed by atoms with Crippen LogP contribution in [0.25, 0.3) is 6.08 Å². The van der Waals surface area contributed by atoms with E-state index in [2.05, 4.69) is 15.6 Å². The highest BCUT2D eigenvalue weighted by Gasteiger charge is 2.35. The topological polar surface area (TPSA) is 100 Å². The third-order valence-corrected chi connectivity index (χ3v) is 4.19. The van der Waals surface area contributed by atoms with E-state index >= 15 is 0 Å². The van der Waals surface area contributed by atoms with Gasteiger partial charge in [-0.05, 0) is 54.4 Å². The molecule has 1 aromatic heterocycles. The summed E-state index contributed by atoms with van der Waals surface area (Å²) >= 11 is 0. The first-order chi connectivity index (χ1) is 11.6. The molecule has 2 heterocycles. The number of nitrogen functional groups attached to an aromatic ring is 1. The summed E-state index contributed by atoms with van der Waals surface area (Å²) in [5, 5.41) is 15.6. The van der Waals surface area contributed by atoms with Gasteiger partial charge in [-0.1, -0.05) is 12.1 Å². The SMILES string of the molecule is Nc1ccc([C@]2(Nc3ccc(/C=C/C(=O)O)cn3)CCNC2)cc1. The maximum absolute atomic E-state index is 10.6. The first kappa shape index (κ1) is 16.0. The fourth-order valence-electron chi connectivity index (χ4n) is 2.91. The second-order valence-electron chi connectivity index (χ2n) is 5.90. The lowest BCUT2D eigenvalue weighted by atomic mass is 9.88. The van der Waals surface area contributed by atoms with Crippen LogP contribution in [-0.4, -0.2) is 29.1 Å². The molecule has 1 fully saturated rings. The second kappa shape index (κ2) is 6.72. The lowest BCUT2D eigenvalue weighted by molar-refractivity contribution is -0.131. The van der Waals surface area contributed by atoms with Gasteiger partial charge in [-0.15, -0.1) is 0 Å². The Morgan fingerprint density at radius 2 is 2.08 bits per heavy atom. The highest BCUT2D eigenvalue weighted by Crippen LogP contribution is 2.32. The van der Waals surface area contributed by atoms with E-state index in [1.54, 1.807) is 6.20 Å². The van der Waals surface area contributed by atoms with E-state index in [0.717, 1.165) is 42.7 Å². The summed E-state index contributed by atoms with van der Waals surface area (Å²) in [5.41, 5.74) is 8.22. The summed E-state index contributed by atoms with van der Waals surface area (Å²) in [6, 6.07) is 11.6. The highest BCUT2D eigenvalue weighted by molar-refractivity contribution is 5.85. The van der Waals surface area contributed by atoms with Crippen molar-refractivity contribution in [3.05, 3.63) is 59.8 Å². The van der Waals surface area contributed by atoms with Crippen molar-refractivity contribution >= 4 is 23.6 Å². The molecule has 1 atom stereocenters. The molecule has 3 rings (SSSR count). The zero-order valence-electron chi connectivity index (χ0n) is 13.2. The van der Waals surface area contributed by atoms with Crippen molar-refractivity contribution in [1.29, 1.82) is 0 Å². The third-order valence-electron chi connectivity index (χ3n) is 4.19. The van der Waals surface area contributed by atoms with Crippen LogP contribution in [0, 0.1) is 0 Å². The van der Waals surface area contributed by atoms with Crippen molar-refractivity contribution in [2.45, 2.75) is 12.0 Å². The Kier molecular flexibility index (Phi) is 4.48. The fourth-order valence-corrected chi connectivity index (χ4v) is 2.91. The lowest BCUT2D eigenvalue weighted by Gasteiger charge is -2.31. The van der Waals surface area contributed by atoms with Crippen LogP contribution in [0.5, 0.6) is 0 Å². The van der Waals surface area contributed by atoms with Gasteiger partial charge in [0.1, 0.15) is 5.82 Å². The molecule has 1 aliphatic heterocycles. The minimum absolute atomic E-state index is 0.223. The Morgan fingerprint density at radius 1 is 1.29 bits per heavy atom. The normalized spacial score (nSPS) is 20.3. The minimum atomic E-state index is -0.975. The van der Waals surface area contributed by atoms with E-state index in [1.165, 1.54) is 11.6 Å². The Labute approximate surface area is 140 Å². The van der Waals surface area contributed by atoms with Crippen molar-refractivity contribution in [2.24, 2.45) is 0 Å². The summed E-state index contributed by atoms with van der Waals surface area (Å²) in [5.74, 6) is -0.223. The molecule has 0 amide bonds. The standard InChI is InChI=1S/C18H20N4O2/c19-15-5-3-14(4-6-15)18(9-10-20-12-18)22-16-7-1-13(11-21-16)2-8-17(23)24/h1-8,11,20H,9-10,12,19H2,(H,21,22)(H,23,24)/b8-2+/t18-/m0/s1. The average molecular weight is 324 g/mol. The summed E-state index contributed by atoms with van der Waals surface area (Å²) < 4.78 is 0. The number of aromatic nitrogens is 1. The number of rotatable bonds is 5. The summed E-state index contributed by atoms with van der Waals surface area (Å²) in [6.07, 6.45) is 5.22. The molecule has 0 bridgehead atoms. The molecule has 1 aromatic carbocycles. The fraction of sp³-hybridized carbons (Fsp3) is 0.222. The zero-order chi connectivity index (χ0) is 17.0. The number of nitrogens with zero attached hydrogens (tertiary/aromatic N) is 1. The number of nitrogens with two attached hydrogens (primary N) is 1. The van der Waals surface area contributed by atoms with Gasteiger partial charge in [0.15, 0.2) is 0 Å². The number of carboxylic acid groups (broad SMARTS) is 1. The molecule has 0 spiro atoms. The van der Waals surface area contributed by atoms with Crippen molar-refractivity contribution < 1.29 is 9.90 Å². The van der Waals surface area contributed by atoms with Crippen LogP contribution in [0.1, 0.15) is 17.5 Å². The predicted molar refractivity (Wildman–Crippen MR) is 94.5 cm³/mol. The Hall–Kier alpha value is -2.86. The number of nitrogens with one attached hydrogen (secondary N) is 2. The van der Waals surface area contributed by atoms with Gasteiger partial charge in [0.25, 0.3) is 0 Å². The van der Waals surface area contributed by atoms with E-state index in [1.807, 2.05) is 36.4 Å². The monoisotopic (exact) mass is 324 g/mol. The van der Waals surface area contributed by atoms with Gasteiger partial charge in [-0.2, -0.15) is 0 Å². The van der Waals surface area contributed by atoms with Crippen molar-refractivity contribution in [1.82, 2.24) is 10.3 Å². The first-order valence-corrected chi connectivity index (χ1v) is 7.79. The maximum Gasteiger partial charge on any atom is 0.328 e. The second-order valence-corrected chi connectivity index (χ2v) is 5.90. The molecular weight excluding hydrogens is 304 g/mol. The molecule has 0 aliphatic carbocycles. The van der Waals surface area contributed by atoms with Crippen molar-refractivity contribution in [2.75, 3.05) is 24.1 Å². The summed E-state index contributed by atoms with van der Waals surface area (Å²) in [7, 11) is 0. The van der Waals surface area contributed by atoms with Crippen LogP contribution in [0.2, 0.25) is 0 Å². The number of aliphatic carboxylic acids is 1. The van der Waals surface area contributed by atoms with Crippen molar-refractivity contribution in [3.63, 3.8) is 0 Å². The number of carbonyl (C=O) groups is 1. The van der Waals surface area contributed by atoms with Gasteiger partial charge in [0.2, 0.25) is 0 Å². The van der Waals surface area contributed by atoms with Crippen LogP contribution in [0.3, 0.4) is 0 Å². The van der Waals surface area contributed by atoms with Crippen LogP contribution in [0.15, 0.2) is 48.7 Å². The smallest absolute Gasteiger partial charge is 0.328 e. The first-order valence-electron chi connectivity index (χ1n) is 7.79. The predicted octanol–water partition coefficient (Wildman–Crippen LogP) is 2.06. The van der Waals surface area contributed by atoms with Gasteiger partial charge in [0.05, 0.1) is 5.54 Å². The average Bonchev–Trinajstić information content (AvgIpc) is 3.04. The van der Waals surface area contributed by atoms with Gasteiger partial charge in [-0.25, -0.2) is 9.78 Å².